The molecule has 0 aliphatic heterocycles. The Morgan fingerprint density at radius 2 is 1.10 bits per heavy atom. The predicted octanol–water partition coefficient (Wildman–Crippen LogP) is 8.04. The Morgan fingerprint density at radius 3 is 1.45 bits per heavy atom. The van der Waals surface area contributed by atoms with Crippen molar-refractivity contribution in [2.75, 3.05) is 13.1 Å². The highest BCUT2D eigenvalue weighted by atomic mass is 16.6. The summed E-state index contributed by atoms with van der Waals surface area (Å²) >= 11 is 0. The van der Waals surface area contributed by atoms with E-state index in [1.54, 1.807) is 6.92 Å². The summed E-state index contributed by atoms with van der Waals surface area (Å²) in [5.41, 5.74) is 0.485. The third-order valence-electron chi connectivity index (χ3n) is 5.87. The Morgan fingerprint density at radius 1 is 0.724 bits per heavy atom. The van der Waals surface area contributed by atoms with Crippen molar-refractivity contribution in [1.29, 1.82) is 0 Å². The topological polar surface area (TPSA) is 29.5 Å². The van der Waals surface area contributed by atoms with Crippen LogP contribution < -0.4 is 0 Å². The van der Waals surface area contributed by atoms with Crippen LogP contribution in [0, 0.1) is 0 Å². The third-order valence-corrected chi connectivity index (χ3v) is 5.87. The van der Waals surface area contributed by atoms with E-state index in [0.29, 0.717) is 5.57 Å². The van der Waals surface area contributed by atoms with E-state index in [2.05, 4.69) is 32.3 Å². The molecule has 0 bridgehead atoms. The van der Waals surface area contributed by atoms with Gasteiger partial charge in [-0.1, -0.05) is 117 Å². The average Bonchev–Trinajstić information content (AvgIpc) is 2.71. The first-order valence-corrected chi connectivity index (χ1v) is 12.7. The Hall–Kier alpha value is -0.830. The molecule has 0 aliphatic rings. The number of carbonyl (C=O) groups excluding carboxylic acids is 1. The smallest absolute Gasteiger partial charge is 0.334 e. The molecule has 0 aliphatic carbocycles. The first-order chi connectivity index (χ1) is 14.1. The molecule has 0 heterocycles. The van der Waals surface area contributed by atoms with Gasteiger partial charge in [0.2, 0.25) is 0 Å². The average molecular weight is 410 g/mol. The van der Waals surface area contributed by atoms with Gasteiger partial charge in [-0.25, -0.2) is 4.79 Å². The van der Waals surface area contributed by atoms with Crippen molar-refractivity contribution in [1.82, 2.24) is 4.90 Å². The van der Waals surface area contributed by atoms with Crippen molar-refractivity contribution in [3.05, 3.63) is 12.2 Å². The standard InChI is InChI=1S/C26H51NO2/c1-6-9-10-11-12-13-14-15-16-17-18-19-20-21-22-23-25(27(7-2)8-3)29-26(28)24(4)5/h25H,4,6-23H2,1-3,5H3. The zero-order chi connectivity index (χ0) is 21.7. The van der Waals surface area contributed by atoms with Gasteiger partial charge in [0.05, 0.1) is 0 Å². The lowest BCUT2D eigenvalue weighted by Gasteiger charge is -2.29. The molecule has 0 saturated carbocycles. The zero-order valence-corrected chi connectivity index (χ0v) is 20.3. The van der Waals surface area contributed by atoms with Gasteiger partial charge in [-0.2, -0.15) is 0 Å². The van der Waals surface area contributed by atoms with Crippen molar-refractivity contribution in [3.63, 3.8) is 0 Å². The van der Waals surface area contributed by atoms with Crippen molar-refractivity contribution in [3.8, 4) is 0 Å². The lowest BCUT2D eigenvalue weighted by molar-refractivity contribution is -0.154. The predicted molar refractivity (Wildman–Crippen MR) is 127 cm³/mol. The molecular weight excluding hydrogens is 358 g/mol. The van der Waals surface area contributed by atoms with Crippen LogP contribution in [0.4, 0.5) is 0 Å². The van der Waals surface area contributed by atoms with Gasteiger partial charge in [-0.3, -0.25) is 4.90 Å². The quantitative estimate of drug-likeness (QED) is 0.0831. The fourth-order valence-corrected chi connectivity index (χ4v) is 3.86. The summed E-state index contributed by atoms with van der Waals surface area (Å²) in [7, 11) is 0. The Labute approximate surface area is 182 Å². The second-order valence-corrected chi connectivity index (χ2v) is 8.60. The minimum atomic E-state index is -0.261. The van der Waals surface area contributed by atoms with Crippen molar-refractivity contribution in [2.24, 2.45) is 0 Å². The molecule has 1 atom stereocenters. The van der Waals surface area contributed by atoms with Gasteiger partial charge in [0.25, 0.3) is 0 Å². The molecule has 0 radical (unpaired) electrons. The molecule has 0 aromatic rings. The highest BCUT2D eigenvalue weighted by Gasteiger charge is 2.20. The first kappa shape index (κ1) is 28.2. The lowest BCUT2D eigenvalue weighted by Crippen LogP contribution is -2.38. The number of esters is 1. The van der Waals surface area contributed by atoms with Crippen LogP contribution in [0.1, 0.15) is 130 Å². The molecule has 0 spiro atoms. The summed E-state index contributed by atoms with van der Waals surface area (Å²) < 4.78 is 5.66. The minimum absolute atomic E-state index is 0.101. The van der Waals surface area contributed by atoms with Crippen molar-refractivity contribution >= 4 is 5.97 Å². The molecule has 0 saturated heterocycles. The highest BCUT2D eigenvalue weighted by Crippen LogP contribution is 2.16. The van der Waals surface area contributed by atoms with Gasteiger partial charge in [0.1, 0.15) is 0 Å². The van der Waals surface area contributed by atoms with E-state index >= 15 is 0 Å². The summed E-state index contributed by atoms with van der Waals surface area (Å²) in [5, 5.41) is 0. The van der Waals surface area contributed by atoms with Crippen LogP contribution in [0.25, 0.3) is 0 Å². The number of unbranched alkanes of at least 4 members (excludes halogenated alkanes) is 14. The number of ether oxygens (including phenoxy) is 1. The SMILES string of the molecule is C=C(C)C(=O)OC(CCCCCCCCCCCCCCCCC)N(CC)CC. The number of rotatable bonds is 21. The molecule has 1 unspecified atom stereocenters. The number of nitrogens with zero attached hydrogens (tertiary/aromatic N) is 1. The van der Waals surface area contributed by atoms with Crippen LogP contribution in [0.5, 0.6) is 0 Å². The summed E-state index contributed by atoms with van der Waals surface area (Å²) in [4.78, 5) is 14.1. The largest absolute Gasteiger partial charge is 0.443 e. The number of carbonyl (C=O) groups is 1. The van der Waals surface area contributed by atoms with Gasteiger partial charge < -0.3 is 4.74 Å². The van der Waals surface area contributed by atoms with E-state index in [0.717, 1.165) is 25.9 Å². The lowest BCUT2D eigenvalue weighted by atomic mass is 10.0. The maximum Gasteiger partial charge on any atom is 0.334 e. The van der Waals surface area contributed by atoms with Gasteiger partial charge >= 0.3 is 5.97 Å². The maximum atomic E-state index is 11.9. The van der Waals surface area contributed by atoms with Crippen LogP contribution in [-0.2, 0) is 9.53 Å². The molecule has 0 aromatic heterocycles. The van der Waals surface area contributed by atoms with E-state index < -0.39 is 0 Å². The van der Waals surface area contributed by atoms with E-state index in [-0.39, 0.29) is 12.2 Å². The molecule has 29 heavy (non-hydrogen) atoms. The van der Waals surface area contributed by atoms with Gasteiger partial charge in [-0.15, -0.1) is 0 Å². The summed E-state index contributed by atoms with van der Waals surface area (Å²) in [5.74, 6) is -0.261. The Kier molecular flexibility index (Phi) is 19.9. The molecule has 3 nitrogen and oxygen atoms in total. The van der Waals surface area contributed by atoms with Crippen LogP contribution in [-0.4, -0.2) is 30.2 Å². The Bertz CT molecular complexity index is 390. The van der Waals surface area contributed by atoms with E-state index in [9.17, 15) is 4.79 Å². The van der Waals surface area contributed by atoms with Crippen LogP contribution in [0.15, 0.2) is 12.2 Å². The highest BCUT2D eigenvalue weighted by molar-refractivity contribution is 5.87. The molecular formula is C26H51NO2. The molecule has 0 rings (SSSR count). The Balaban J connectivity index is 3.64. The number of hydrogen-bond donors (Lipinski definition) is 0. The zero-order valence-electron chi connectivity index (χ0n) is 20.3. The first-order valence-electron chi connectivity index (χ1n) is 12.7. The summed E-state index contributed by atoms with van der Waals surface area (Å²) in [6, 6.07) is 0. The van der Waals surface area contributed by atoms with Crippen molar-refractivity contribution in [2.45, 2.75) is 137 Å². The molecule has 0 amide bonds. The molecule has 172 valence electrons. The fraction of sp³-hybridized carbons (Fsp3) is 0.885. The second-order valence-electron chi connectivity index (χ2n) is 8.60. The van der Waals surface area contributed by atoms with Crippen LogP contribution in [0.2, 0.25) is 0 Å². The summed E-state index contributed by atoms with van der Waals surface area (Å²) in [6.45, 7) is 13.8. The van der Waals surface area contributed by atoms with Crippen LogP contribution >= 0.6 is 0 Å². The maximum absolute atomic E-state index is 11.9. The molecule has 3 heteroatoms. The van der Waals surface area contributed by atoms with E-state index in [4.69, 9.17) is 4.74 Å². The fourth-order valence-electron chi connectivity index (χ4n) is 3.86. The van der Waals surface area contributed by atoms with Gasteiger partial charge in [0, 0.05) is 5.57 Å². The minimum Gasteiger partial charge on any atom is -0.443 e. The molecule has 0 N–H and O–H groups in total. The van der Waals surface area contributed by atoms with Gasteiger partial charge in [0.15, 0.2) is 6.23 Å². The third kappa shape index (κ3) is 16.6. The van der Waals surface area contributed by atoms with Gasteiger partial charge in [-0.05, 0) is 32.9 Å². The number of hydrogen-bond acceptors (Lipinski definition) is 3. The molecule has 0 aromatic carbocycles. The summed E-state index contributed by atoms with van der Waals surface area (Å²) in [6.07, 6.45) is 21.4. The normalized spacial score (nSPS) is 12.3. The van der Waals surface area contributed by atoms with E-state index in [1.165, 1.54) is 89.9 Å². The molecule has 0 fully saturated rings. The van der Waals surface area contributed by atoms with E-state index in [1.807, 2.05) is 0 Å². The second kappa shape index (κ2) is 20.4. The monoisotopic (exact) mass is 409 g/mol. The van der Waals surface area contributed by atoms with Crippen molar-refractivity contribution < 1.29 is 9.53 Å². The van der Waals surface area contributed by atoms with Crippen LogP contribution in [0.3, 0.4) is 0 Å².